The fraction of sp³-hybridized carbons (Fsp3) is 0.320. The second-order valence-corrected chi connectivity index (χ2v) is 8.44. The Morgan fingerprint density at radius 1 is 1.03 bits per heavy atom. The van der Waals surface area contributed by atoms with Gasteiger partial charge in [0.05, 0.1) is 11.0 Å². The van der Waals surface area contributed by atoms with Crippen LogP contribution < -0.4 is 11.1 Å². The zero-order valence-corrected chi connectivity index (χ0v) is 17.9. The van der Waals surface area contributed by atoms with Gasteiger partial charge in [0.25, 0.3) is 5.91 Å². The molecular formula is C25H26FN5O. The van der Waals surface area contributed by atoms with Crippen LogP contribution in [0.4, 0.5) is 10.2 Å². The van der Waals surface area contributed by atoms with Gasteiger partial charge in [-0.3, -0.25) is 4.79 Å². The molecule has 0 spiro atoms. The van der Waals surface area contributed by atoms with Gasteiger partial charge in [-0.25, -0.2) is 14.4 Å². The molecule has 0 bridgehead atoms. The minimum absolute atomic E-state index is 0.225. The average Bonchev–Trinajstić information content (AvgIpc) is 3.10. The van der Waals surface area contributed by atoms with Crippen LogP contribution in [0, 0.1) is 5.82 Å². The largest absolute Gasteiger partial charge is 0.384 e. The lowest BCUT2D eigenvalue weighted by atomic mass is 9.95. The predicted octanol–water partition coefficient (Wildman–Crippen LogP) is 4.78. The topological polar surface area (TPSA) is 85.8 Å². The number of halogens is 1. The number of hydrogen-bond donors (Lipinski definition) is 2. The molecule has 1 aliphatic rings. The Labute approximate surface area is 185 Å². The van der Waals surface area contributed by atoms with Crippen molar-refractivity contribution in [2.24, 2.45) is 0 Å². The Morgan fingerprint density at radius 3 is 2.44 bits per heavy atom. The summed E-state index contributed by atoms with van der Waals surface area (Å²) in [7, 11) is 0. The maximum atomic E-state index is 13.2. The number of hydrogen-bond acceptors (Lipinski definition) is 4. The van der Waals surface area contributed by atoms with Crippen LogP contribution >= 0.6 is 0 Å². The summed E-state index contributed by atoms with van der Waals surface area (Å²) in [6, 6.07) is 14.2. The Kier molecular flexibility index (Phi) is 5.47. The number of nitrogens with one attached hydrogen (secondary N) is 1. The molecule has 1 aliphatic carbocycles. The molecular weight excluding hydrogens is 405 g/mol. The number of anilines is 1. The van der Waals surface area contributed by atoms with E-state index >= 15 is 0 Å². The number of nitrogen functional groups attached to an aromatic ring is 1. The van der Waals surface area contributed by atoms with Crippen molar-refractivity contribution < 1.29 is 9.18 Å². The molecule has 1 saturated carbocycles. The molecule has 0 aliphatic heterocycles. The smallest absolute Gasteiger partial charge is 0.257 e. The molecule has 1 amide bonds. The Morgan fingerprint density at radius 2 is 1.72 bits per heavy atom. The van der Waals surface area contributed by atoms with E-state index in [1.54, 1.807) is 12.1 Å². The highest BCUT2D eigenvalue weighted by atomic mass is 19.1. The quantitative estimate of drug-likeness (QED) is 0.476. The number of carbonyl (C=O) groups is 1. The Bertz CT molecular complexity index is 1280. The zero-order valence-electron chi connectivity index (χ0n) is 17.9. The highest BCUT2D eigenvalue weighted by molar-refractivity contribution is 6.10. The van der Waals surface area contributed by atoms with Crippen LogP contribution in [0.25, 0.3) is 22.2 Å². The van der Waals surface area contributed by atoms with E-state index in [1.807, 2.05) is 28.8 Å². The second-order valence-electron chi connectivity index (χ2n) is 8.44. The summed E-state index contributed by atoms with van der Waals surface area (Å²) in [5.41, 5.74) is 10.7. The number of para-hydroxylation sites is 2. The summed E-state index contributed by atoms with van der Waals surface area (Å²) in [6.45, 7) is 0.418. The van der Waals surface area contributed by atoms with Crippen molar-refractivity contribution in [1.82, 2.24) is 19.9 Å². The highest BCUT2D eigenvalue weighted by Crippen LogP contribution is 2.36. The van der Waals surface area contributed by atoms with Gasteiger partial charge in [-0.15, -0.1) is 0 Å². The molecule has 0 saturated heterocycles. The van der Waals surface area contributed by atoms with Gasteiger partial charge in [-0.1, -0.05) is 43.5 Å². The number of fused-ring (bicyclic) bond motifs is 2. The second kappa shape index (κ2) is 8.57. The van der Waals surface area contributed by atoms with E-state index in [1.165, 1.54) is 18.6 Å². The van der Waals surface area contributed by atoms with Crippen LogP contribution in [-0.4, -0.2) is 27.0 Å². The predicted molar refractivity (Wildman–Crippen MR) is 124 cm³/mol. The third kappa shape index (κ3) is 3.79. The number of carbonyl (C=O) groups excluding carboxylic acids is 1. The van der Waals surface area contributed by atoms with Crippen molar-refractivity contribution in [3.05, 3.63) is 65.5 Å². The van der Waals surface area contributed by atoms with Crippen LogP contribution in [0.1, 0.15) is 54.1 Å². The molecule has 0 radical (unpaired) electrons. The summed E-state index contributed by atoms with van der Waals surface area (Å²) in [6.07, 6.45) is 6.15. The molecule has 4 aromatic rings. The lowest BCUT2D eigenvalue weighted by Crippen LogP contribution is -2.27. The summed E-state index contributed by atoms with van der Waals surface area (Å²) in [4.78, 5) is 22.9. The van der Waals surface area contributed by atoms with E-state index in [9.17, 15) is 9.18 Å². The van der Waals surface area contributed by atoms with Crippen molar-refractivity contribution in [2.45, 2.75) is 44.6 Å². The van der Waals surface area contributed by atoms with Crippen LogP contribution in [0.2, 0.25) is 0 Å². The third-order valence-corrected chi connectivity index (χ3v) is 6.31. The van der Waals surface area contributed by atoms with E-state index in [4.69, 9.17) is 15.7 Å². The maximum Gasteiger partial charge on any atom is 0.257 e. The van der Waals surface area contributed by atoms with Crippen LogP contribution in [0.5, 0.6) is 0 Å². The van der Waals surface area contributed by atoms with E-state index in [0.717, 1.165) is 42.3 Å². The first-order valence-corrected chi connectivity index (χ1v) is 11.2. The molecule has 32 heavy (non-hydrogen) atoms. The van der Waals surface area contributed by atoms with Gasteiger partial charge in [0.15, 0.2) is 5.65 Å². The molecule has 2 heterocycles. The Hall–Kier alpha value is -3.48. The number of nitrogens with zero attached hydrogens (tertiary/aromatic N) is 3. The normalized spacial score (nSPS) is 14.8. The summed E-state index contributed by atoms with van der Waals surface area (Å²) in [5.74, 6) is -0.0953. The van der Waals surface area contributed by atoms with Crippen LogP contribution in [0.15, 0.2) is 48.5 Å². The minimum atomic E-state index is -0.271. The van der Waals surface area contributed by atoms with Crippen molar-refractivity contribution in [3.8, 4) is 0 Å². The fourth-order valence-electron chi connectivity index (χ4n) is 4.67. The summed E-state index contributed by atoms with van der Waals surface area (Å²) < 4.78 is 15.1. The molecule has 3 N–H and O–H groups in total. The van der Waals surface area contributed by atoms with Crippen LogP contribution in [0.3, 0.4) is 0 Å². The highest BCUT2D eigenvalue weighted by Gasteiger charge is 2.28. The lowest BCUT2D eigenvalue weighted by Gasteiger charge is -2.25. The summed E-state index contributed by atoms with van der Waals surface area (Å²) >= 11 is 0. The molecule has 164 valence electrons. The first kappa shape index (κ1) is 20.4. The number of rotatable bonds is 5. The van der Waals surface area contributed by atoms with E-state index in [2.05, 4.69) is 5.32 Å². The molecule has 2 aromatic heterocycles. The third-order valence-electron chi connectivity index (χ3n) is 6.31. The molecule has 6 nitrogen and oxygen atoms in total. The van der Waals surface area contributed by atoms with E-state index < -0.39 is 0 Å². The number of nitrogens with two attached hydrogens (primary N) is 1. The maximum absolute atomic E-state index is 13.2. The Balaban J connectivity index is 1.50. The van der Waals surface area contributed by atoms with Crippen molar-refractivity contribution in [2.75, 3.05) is 12.3 Å². The van der Waals surface area contributed by atoms with E-state index in [0.29, 0.717) is 35.5 Å². The first-order valence-electron chi connectivity index (χ1n) is 11.2. The zero-order chi connectivity index (χ0) is 22.1. The van der Waals surface area contributed by atoms with Gasteiger partial charge in [-0.05, 0) is 49.1 Å². The minimum Gasteiger partial charge on any atom is -0.384 e. The first-order chi connectivity index (χ1) is 15.6. The molecule has 0 unspecified atom stereocenters. The van der Waals surface area contributed by atoms with Gasteiger partial charge in [-0.2, -0.15) is 0 Å². The number of amides is 1. The molecule has 7 heteroatoms. The van der Waals surface area contributed by atoms with Crippen molar-refractivity contribution >= 4 is 33.9 Å². The molecule has 5 rings (SSSR count). The number of benzene rings is 2. The van der Waals surface area contributed by atoms with Crippen LogP contribution in [-0.2, 0) is 6.42 Å². The molecule has 0 atom stereocenters. The van der Waals surface area contributed by atoms with E-state index in [-0.39, 0.29) is 17.8 Å². The van der Waals surface area contributed by atoms with Crippen molar-refractivity contribution in [1.29, 1.82) is 0 Å². The van der Waals surface area contributed by atoms with Gasteiger partial charge in [0, 0.05) is 12.6 Å². The van der Waals surface area contributed by atoms with Gasteiger partial charge < -0.3 is 15.6 Å². The van der Waals surface area contributed by atoms with Gasteiger partial charge >= 0.3 is 0 Å². The summed E-state index contributed by atoms with van der Waals surface area (Å²) in [5, 5.41) is 2.97. The SMILES string of the molecule is Nc1c(C(=O)NCCc2ccc(F)cc2)c2nc3ccccc3nc2n1C1CCCCC1. The molecule has 2 aromatic carbocycles. The van der Waals surface area contributed by atoms with Crippen molar-refractivity contribution in [3.63, 3.8) is 0 Å². The monoisotopic (exact) mass is 431 g/mol. The standard InChI is InChI=1S/C25H26FN5O/c26-17-12-10-16(11-13-17)14-15-28-25(32)21-22-24(30-20-9-5-4-8-19(20)29-22)31(23(21)27)18-6-2-1-3-7-18/h4-5,8-13,18H,1-3,6-7,14-15,27H2,(H,28,32). The number of aromatic nitrogens is 3. The average molecular weight is 432 g/mol. The van der Waals surface area contributed by atoms with Gasteiger partial charge in [0.1, 0.15) is 22.7 Å². The van der Waals surface area contributed by atoms with Gasteiger partial charge in [0.2, 0.25) is 0 Å². The lowest BCUT2D eigenvalue weighted by molar-refractivity contribution is 0.0956. The molecule has 1 fully saturated rings. The fourth-order valence-corrected chi connectivity index (χ4v) is 4.67.